The molecule has 2 aliphatic heterocycles. The molecule has 0 aromatic rings. The number of hydrogen-bond acceptors (Lipinski definition) is 7. The van der Waals surface area contributed by atoms with E-state index in [-0.39, 0.29) is 17.4 Å². The summed E-state index contributed by atoms with van der Waals surface area (Å²) in [6.45, 7) is 8.98. The Bertz CT molecular complexity index is 768. The molecule has 2 aliphatic carbocycles. The largest absolute Gasteiger partial charge is 0.459 e. The summed E-state index contributed by atoms with van der Waals surface area (Å²) in [4.78, 5) is 37.3. The van der Waals surface area contributed by atoms with Crippen molar-refractivity contribution in [3.8, 4) is 0 Å². The molecule has 0 aromatic carbocycles. The number of esters is 3. The Kier molecular flexibility index (Phi) is 4.00. The first-order chi connectivity index (χ1) is 12.7. The zero-order chi connectivity index (χ0) is 19.7. The monoisotopic (exact) mass is 376 g/mol. The quantitative estimate of drug-likeness (QED) is 0.440. The molecule has 4 bridgehead atoms. The van der Waals surface area contributed by atoms with Gasteiger partial charge in [-0.1, -0.05) is 12.7 Å². The summed E-state index contributed by atoms with van der Waals surface area (Å²) in [5, 5.41) is 11.1. The lowest BCUT2D eigenvalue weighted by Crippen LogP contribution is -2.53. The predicted molar refractivity (Wildman–Crippen MR) is 92.0 cm³/mol. The molecule has 0 unspecified atom stereocenters. The fraction of sp³-hybridized carbons (Fsp3) is 0.650. The Morgan fingerprint density at radius 1 is 1.37 bits per heavy atom. The first kappa shape index (κ1) is 18.2. The molecule has 2 saturated carbocycles. The fourth-order valence-corrected chi connectivity index (χ4v) is 5.41. The van der Waals surface area contributed by atoms with Gasteiger partial charge in [-0.25, -0.2) is 9.59 Å². The average Bonchev–Trinajstić information content (AvgIpc) is 3.00. The predicted octanol–water partition coefficient (Wildman–Crippen LogP) is 1.29. The molecular formula is C20H24O7. The van der Waals surface area contributed by atoms with Crippen molar-refractivity contribution in [3.05, 3.63) is 23.8 Å². The molecular weight excluding hydrogens is 352 g/mol. The standard InChI is InChI=1S/C20H24O7/c1-5-8(2)17(22)26-16-11-9(3)18(23)25-15(11)13-10-6-7-20(13,4)27-19(24)12(10)14(16)21/h5,10-16,21H,3,6-7H2,1-2,4H3/b8-5-/t10-,11-,12+,13-,14+,15-,16-,20-/m0/s1. The zero-order valence-corrected chi connectivity index (χ0v) is 15.6. The number of ether oxygens (including phenoxy) is 3. The number of aliphatic hydroxyl groups is 1. The van der Waals surface area contributed by atoms with Crippen molar-refractivity contribution in [2.24, 2.45) is 23.7 Å². The van der Waals surface area contributed by atoms with Gasteiger partial charge in [-0.2, -0.15) is 0 Å². The van der Waals surface area contributed by atoms with E-state index in [0.29, 0.717) is 18.4 Å². The molecule has 4 rings (SSSR count). The van der Waals surface area contributed by atoms with Crippen molar-refractivity contribution in [2.75, 3.05) is 0 Å². The number of fused-ring (bicyclic) bond motifs is 1. The van der Waals surface area contributed by atoms with Crippen LogP contribution in [0, 0.1) is 23.7 Å². The van der Waals surface area contributed by atoms with Gasteiger partial charge in [-0.05, 0) is 39.5 Å². The van der Waals surface area contributed by atoms with Gasteiger partial charge in [-0.3, -0.25) is 4.79 Å². The van der Waals surface area contributed by atoms with E-state index < -0.39 is 53.7 Å². The van der Waals surface area contributed by atoms with Gasteiger partial charge in [0.1, 0.15) is 23.9 Å². The van der Waals surface area contributed by atoms with E-state index in [4.69, 9.17) is 14.2 Å². The van der Waals surface area contributed by atoms with Gasteiger partial charge in [0.05, 0.1) is 11.8 Å². The van der Waals surface area contributed by atoms with E-state index >= 15 is 0 Å². The van der Waals surface area contributed by atoms with Crippen LogP contribution in [0.1, 0.15) is 33.6 Å². The Balaban J connectivity index is 1.80. The SMILES string of the molecule is C=C1C(=O)O[C@H]2[C@H]1[C@H](OC(=O)/C(C)=C\C)[C@H](O)[C@@H]1C(=O)O[C@@]3(C)CC[C@@H]1[C@@H]23. The van der Waals surface area contributed by atoms with Crippen LogP contribution in [0.15, 0.2) is 23.8 Å². The molecule has 1 N–H and O–H groups in total. The van der Waals surface area contributed by atoms with Crippen LogP contribution in [0.25, 0.3) is 0 Å². The van der Waals surface area contributed by atoms with Crippen molar-refractivity contribution in [3.63, 3.8) is 0 Å². The number of hydrogen-bond donors (Lipinski definition) is 1. The lowest BCUT2D eigenvalue weighted by atomic mass is 9.73. The lowest BCUT2D eigenvalue weighted by Gasteiger charge is -2.42. The van der Waals surface area contributed by atoms with Crippen LogP contribution in [-0.2, 0) is 28.6 Å². The maximum atomic E-state index is 12.7. The van der Waals surface area contributed by atoms with Gasteiger partial charge in [0.2, 0.25) is 0 Å². The summed E-state index contributed by atoms with van der Waals surface area (Å²) in [6, 6.07) is 0. The fourth-order valence-electron chi connectivity index (χ4n) is 5.41. The highest BCUT2D eigenvalue weighted by Crippen LogP contribution is 2.59. The molecule has 0 aromatic heterocycles. The molecule has 0 amide bonds. The van der Waals surface area contributed by atoms with E-state index in [0.717, 1.165) is 0 Å². The molecule has 2 saturated heterocycles. The summed E-state index contributed by atoms with van der Waals surface area (Å²) < 4.78 is 16.9. The Labute approximate surface area is 157 Å². The number of allylic oxidation sites excluding steroid dienone is 1. The van der Waals surface area contributed by atoms with Crippen LogP contribution in [0.4, 0.5) is 0 Å². The van der Waals surface area contributed by atoms with Gasteiger partial charge < -0.3 is 19.3 Å². The minimum absolute atomic E-state index is 0.165. The lowest BCUT2D eigenvalue weighted by molar-refractivity contribution is -0.195. The molecule has 7 nitrogen and oxygen atoms in total. The molecule has 0 radical (unpaired) electrons. The summed E-state index contributed by atoms with van der Waals surface area (Å²) in [6.07, 6.45) is -0.101. The number of carbonyl (C=O) groups is 3. The highest BCUT2D eigenvalue weighted by Gasteiger charge is 2.69. The smallest absolute Gasteiger partial charge is 0.334 e. The summed E-state index contributed by atoms with van der Waals surface area (Å²) in [5.41, 5.74) is -0.222. The van der Waals surface area contributed by atoms with Gasteiger partial charge in [0.25, 0.3) is 0 Å². The average molecular weight is 376 g/mol. The van der Waals surface area contributed by atoms with Gasteiger partial charge in [-0.15, -0.1) is 0 Å². The van der Waals surface area contributed by atoms with Crippen molar-refractivity contribution in [2.45, 2.75) is 57.5 Å². The van der Waals surface area contributed by atoms with Crippen LogP contribution in [0.3, 0.4) is 0 Å². The van der Waals surface area contributed by atoms with E-state index in [1.165, 1.54) is 0 Å². The summed E-state index contributed by atoms with van der Waals surface area (Å²) in [7, 11) is 0. The van der Waals surface area contributed by atoms with Crippen LogP contribution in [-0.4, -0.2) is 46.9 Å². The summed E-state index contributed by atoms with van der Waals surface area (Å²) in [5.74, 6) is -3.60. The second kappa shape index (κ2) is 5.92. The molecule has 7 heteroatoms. The second-order valence-electron chi connectivity index (χ2n) is 8.24. The molecule has 8 atom stereocenters. The number of aliphatic hydroxyl groups excluding tert-OH is 1. The van der Waals surface area contributed by atoms with Crippen LogP contribution >= 0.6 is 0 Å². The second-order valence-corrected chi connectivity index (χ2v) is 8.24. The number of carbonyl (C=O) groups excluding carboxylic acids is 3. The molecule has 146 valence electrons. The third kappa shape index (κ3) is 2.40. The Hall–Kier alpha value is -2.15. The van der Waals surface area contributed by atoms with E-state index in [2.05, 4.69) is 6.58 Å². The first-order valence-corrected chi connectivity index (χ1v) is 9.34. The number of rotatable bonds is 2. The van der Waals surface area contributed by atoms with Gasteiger partial charge in [0.15, 0.2) is 0 Å². The summed E-state index contributed by atoms with van der Waals surface area (Å²) >= 11 is 0. The highest BCUT2D eigenvalue weighted by atomic mass is 16.6. The maximum Gasteiger partial charge on any atom is 0.334 e. The van der Waals surface area contributed by atoms with E-state index in [9.17, 15) is 19.5 Å². The maximum absolute atomic E-state index is 12.7. The third-order valence-electron chi connectivity index (χ3n) is 6.88. The molecule has 27 heavy (non-hydrogen) atoms. The van der Waals surface area contributed by atoms with Gasteiger partial charge >= 0.3 is 17.9 Å². The van der Waals surface area contributed by atoms with E-state index in [1.807, 2.05) is 6.92 Å². The minimum atomic E-state index is -1.29. The van der Waals surface area contributed by atoms with Crippen LogP contribution < -0.4 is 0 Å². The van der Waals surface area contributed by atoms with Crippen molar-refractivity contribution >= 4 is 17.9 Å². The van der Waals surface area contributed by atoms with Crippen LogP contribution in [0.2, 0.25) is 0 Å². The third-order valence-corrected chi connectivity index (χ3v) is 6.88. The Morgan fingerprint density at radius 3 is 2.74 bits per heavy atom. The van der Waals surface area contributed by atoms with E-state index in [1.54, 1.807) is 19.9 Å². The topological polar surface area (TPSA) is 99.1 Å². The molecule has 4 fully saturated rings. The molecule has 0 spiro atoms. The minimum Gasteiger partial charge on any atom is -0.459 e. The zero-order valence-electron chi connectivity index (χ0n) is 15.6. The molecule has 2 heterocycles. The molecule has 4 aliphatic rings. The van der Waals surface area contributed by atoms with Gasteiger partial charge in [0, 0.05) is 17.1 Å². The highest BCUT2D eigenvalue weighted by molar-refractivity contribution is 5.92. The Morgan fingerprint density at radius 2 is 2.07 bits per heavy atom. The van der Waals surface area contributed by atoms with Crippen molar-refractivity contribution in [1.82, 2.24) is 0 Å². The van der Waals surface area contributed by atoms with Crippen molar-refractivity contribution in [1.29, 1.82) is 0 Å². The normalized spacial score (nSPS) is 45.7. The van der Waals surface area contributed by atoms with Crippen LogP contribution in [0.5, 0.6) is 0 Å². The first-order valence-electron chi connectivity index (χ1n) is 9.34. The van der Waals surface area contributed by atoms with Crippen molar-refractivity contribution < 1.29 is 33.7 Å².